The van der Waals surface area contributed by atoms with Gasteiger partial charge in [0.05, 0.1) is 18.1 Å². The first kappa shape index (κ1) is 14.2. The number of nitrogens with one attached hydrogen (secondary N) is 1. The van der Waals surface area contributed by atoms with Crippen LogP contribution in [0, 0.1) is 5.92 Å². The summed E-state index contributed by atoms with van der Waals surface area (Å²) in [5, 5.41) is 3.36. The number of rotatable bonds is 3. The number of anilines is 1. The van der Waals surface area contributed by atoms with Gasteiger partial charge in [-0.25, -0.2) is 0 Å². The summed E-state index contributed by atoms with van der Waals surface area (Å²) in [6.07, 6.45) is 3.95. The number of hydrogen-bond donors (Lipinski definition) is 2. The smallest absolute Gasteiger partial charge is 0.229 e. The molecular formula is C14H19ClN2O2. The van der Waals surface area contributed by atoms with Crippen LogP contribution in [0.4, 0.5) is 5.69 Å². The predicted octanol–water partition coefficient (Wildman–Crippen LogP) is 2.80. The largest absolute Gasteiger partial charge is 0.495 e. The highest BCUT2D eigenvalue weighted by Crippen LogP contribution is 2.29. The number of ether oxygens (including phenoxy) is 1. The van der Waals surface area contributed by atoms with Crippen molar-refractivity contribution in [1.82, 2.24) is 0 Å². The molecule has 0 spiro atoms. The quantitative estimate of drug-likeness (QED) is 0.896. The van der Waals surface area contributed by atoms with Gasteiger partial charge in [0.1, 0.15) is 5.75 Å². The third kappa shape index (κ3) is 3.39. The molecule has 1 aromatic rings. The summed E-state index contributed by atoms with van der Waals surface area (Å²) in [7, 11) is 1.56. The lowest BCUT2D eigenvalue weighted by molar-refractivity contribution is -0.121. The van der Waals surface area contributed by atoms with Gasteiger partial charge in [0.15, 0.2) is 0 Å². The molecule has 0 aromatic heterocycles. The molecule has 0 bridgehead atoms. The van der Waals surface area contributed by atoms with Crippen LogP contribution in [0.1, 0.15) is 25.7 Å². The zero-order valence-corrected chi connectivity index (χ0v) is 11.7. The molecule has 104 valence electrons. The van der Waals surface area contributed by atoms with Crippen LogP contribution >= 0.6 is 11.6 Å². The monoisotopic (exact) mass is 282 g/mol. The Labute approximate surface area is 118 Å². The second kappa shape index (κ2) is 6.26. The first-order valence-electron chi connectivity index (χ1n) is 6.52. The van der Waals surface area contributed by atoms with Crippen molar-refractivity contribution in [1.29, 1.82) is 0 Å². The van der Waals surface area contributed by atoms with Gasteiger partial charge in [0, 0.05) is 11.7 Å². The van der Waals surface area contributed by atoms with E-state index in [1.807, 2.05) is 0 Å². The SMILES string of the molecule is COc1ccc(NC(=O)C2CCCCC2N)cc1Cl. The number of carbonyl (C=O) groups is 1. The average molecular weight is 283 g/mol. The zero-order valence-electron chi connectivity index (χ0n) is 11.0. The van der Waals surface area contributed by atoms with E-state index in [-0.39, 0.29) is 17.9 Å². The summed E-state index contributed by atoms with van der Waals surface area (Å²) in [6.45, 7) is 0. The summed E-state index contributed by atoms with van der Waals surface area (Å²) in [4.78, 5) is 12.2. The van der Waals surface area contributed by atoms with Crippen LogP contribution in [0.5, 0.6) is 5.75 Å². The third-order valence-corrected chi connectivity index (χ3v) is 3.87. The summed E-state index contributed by atoms with van der Waals surface area (Å²) >= 11 is 6.03. The van der Waals surface area contributed by atoms with Crippen molar-refractivity contribution in [2.24, 2.45) is 11.7 Å². The molecule has 4 nitrogen and oxygen atoms in total. The molecule has 0 radical (unpaired) electrons. The van der Waals surface area contributed by atoms with Crippen molar-refractivity contribution in [2.45, 2.75) is 31.7 Å². The van der Waals surface area contributed by atoms with Gasteiger partial charge in [-0.1, -0.05) is 24.4 Å². The van der Waals surface area contributed by atoms with Crippen LogP contribution < -0.4 is 15.8 Å². The first-order chi connectivity index (χ1) is 9.11. The van der Waals surface area contributed by atoms with E-state index in [9.17, 15) is 4.79 Å². The topological polar surface area (TPSA) is 64.3 Å². The van der Waals surface area contributed by atoms with E-state index in [0.29, 0.717) is 16.5 Å². The van der Waals surface area contributed by atoms with Gasteiger partial charge in [-0.2, -0.15) is 0 Å². The van der Waals surface area contributed by atoms with E-state index in [1.165, 1.54) is 0 Å². The standard InChI is InChI=1S/C14H19ClN2O2/c1-19-13-7-6-9(8-11(13)15)17-14(18)10-4-2-3-5-12(10)16/h6-8,10,12H,2-5,16H2,1H3,(H,17,18). The fourth-order valence-corrected chi connectivity index (χ4v) is 2.72. The maximum atomic E-state index is 12.2. The fourth-order valence-electron chi connectivity index (χ4n) is 2.46. The molecule has 1 fully saturated rings. The minimum atomic E-state index is -0.102. The van der Waals surface area contributed by atoms with Crippen molar-refractivity contribution >= 4 is 23.2 Å². The molecule has 1 saturated carbocycles. The molecule has 0 saturated heterocycles. The van der Waals surface area contributed by atoms with Crippen LogP contribution in [0.25, 0.3) is 0 Å². The maximum Gasteiger partial charge on any atom is 0.229 e. The molecule has 19 heavy (non-hydrogen) atoms. The lowest BCUT2D eigenvalue weighted by Crippen LogP contribution is -2.40. The van der Waals surface area contributed by atoms with Crippen LogP contribution in [-0.4, -0.2) is 19.1 Å². The number of nitrogens with two attached hydrogens (primary N) is 1. The van der Waals surface area contributed by atoms with Gasteiger partial charge in [-0.05, 0) is 31.0 Å². The van der Waals surface area contributed by atoms with E-state index in [0.717, 1.165) is 25.7 Å². The maximum absolute atomic E-state index is 12.2. The molecule has 1 amide bonds. The third-order valence-electron chi connectivity index (χ3n) is 3.58. The number of halogens is 1. The highest BCUT2D eigenvalue weighted by molar-refractivity contribution is 6.32. The minimum Gasteiger partial charge on any atom is -0.495 e. The predicted molar refractivity (Wildman–Crippen MR) is 76.6 cm³/mol. The molecule has 0 heterocycles. The summed E-state index contributed by atoms with van der Waals surface area (Å²) in [6, 6.07) is 5.16. The number of benzene rings is 1. The molecule has 1 aliphatic carbocycles. The highest BCUT2D eigenvalue weighted by atomic mass is 35.5. The van der Waals surface area contributed by atoms with Crippen molar-refractivity contribution < 1.29 is 9.53 Å². The first-order valence-corrected chi connectivity index (χ1v) is 6.89. The lowest BCUT2D eigenvalue weighted by atomic mass is 9.84. The fraction of sp³-hybridized carbons (Fsp3) is 0.500. The van der Waals surface area contributed by atoms with Gasteiger partial charge in [-0.15, -0.1) is 0 Å². The Morgan fingerprint density at radius 1 is 1.42 bits per heavy atom. The second-order valence-corrected chi connectivity index (χ2v) is 5.30. The van der Waals surface area contributed by atoms with Gasteiger partial charge in [-0.3, -0.25) is 4.79 Å². The minimum absolute atomic E-state index is 0.0200. The Morgan fingerprint density at radius 2 is 2.16 bits per heavy atom. The second-order valence-electron chi connectivity index (χ2n) is 4.89. The van der Waals surface area contributed by atoms with Gasteiger partial charge in [0.2, 0.25) is 5.91 Å². The van der Waals surface area contributed by atoms with Gasteiger partial charge >= 0.3 is 0 Å². The van der Waals surface area contributed by atoms with Crippen molar-refractivity contribution in [3.63, 3.8) is 0 Å². The molecular weight excluding hydrogens is 264 g/mol. The Hall–Kier alpha value is -1.26. The van der Waals surface area contributed by atoms with E-state index < -0.39 is 0 Å². The number of carbonyl (C=O) groups excluding carboxylic acids is 1. The molecule has 1 aliphatic rings. The van der Waals surface area contributed by atoms with E-state index in [1.54, 1.807) is 25.3 Å². The highest BCUT2D eigenvalue weighted by Gasteiger charge is 2.28. The molecule has 5 heteroatoms. The summed E-state index contributed by atoms with van der Waals surface area (Å²) < 4.78 is 5.07. The van der Waals surface area contributed by atoms with Crippen molar-refractivity contribution in [2.75, 3.05) is 12.4 Å². The number of hydrogen-bond acceptors (Lipinski definition) is 3. The summed E-state index contributed by atoms with van der Waals surface area (Å²) in [5.41, 5.74) is 6.68. The number of methoxy groups -OCH3 is 1. The van der Waals surface area contributed by atoms with E-state index in [4.69, 9.17) is 22.1 Å². The van der Waals surface area contributed by atoms with Crippen LogP contribution in [0.3, 0.4) is 0 Å². The molecule has 3 N–H and O–H groups in total. The Bertz CT molecular complexity index is 465. The average Bonchev–Trinajstić information content (AvgIpc) is 2.39. The molecule has 2 atom stereocenters. The van der Waals surface area contributed by atoms with Gasteiger partial charge < -0.3 is 15.8 Å². The lowest BCUT2D eigenvalue weighted by Gasteiger charge is -2.27. The Kier molecular flexibility index (Phi) is 4.66. The van der Waals surface area contributed by atoms with E-state index in [2.05, 4.69) is 5.32 Å². The van der Waals surface area contributed by atoms with Crippen LogP contribution in [0.2, 0.25) is 5.02 Å². The normalized spacial score (nSPS) is 22.9. The Morgan fingerprint density at radius 3 is 2.79 bits per heavy atom. The van der Waals surface area contributed by atoms with Crippen LogP contribution in [-0.2, 0) is 4.79 Å². The molecule has 2 rings (SSSR count). The van der Waals surface area contributed by atoms with E-state index >= 15 is 0 Å². The molecule has 2 unspecified atom stereocenters. The molecule has 1 aromatic carbocycles. The van der Waals surface area contributed by atoms with Crippen molar-refractivity contribution in [3.8, 4) is 5.75 Å². The molecule has 0 aliphatic heterocycles. The van der Waals surface area contributed by atoms with Gasteiger partial charge in [0.25, 0.3) is 0 Å². The number of amides is 1. The van der Waals surface area contributed by atoms with Crippen molar-refractivity contribution in [3.05, 3.63) is 23.2 Å². The summed E-state index contributed by atoms with van der Waals surface area (Å²) in [5.74, 6) is 0.470. The van der Waals surface area contributed by atoms with Crippen LogP contribution in [0.15, 0.2) is 18.2 Å². The zero-order chi connectivity index (χ0) is 13.8. The Balaban J connectivity index is 2.04.